The van der Waals surface area contributed by atoms with Crippen LogP contribution in [-0.4, -0.2) is 31.0 Å². The zero-order valence-corrected chi connectivity index (χ0v) is 10.9. The predicted octanol–water partition coefficient (Wildman–Crippen LogP) is 2.09. The Balaban J connectivity index is 2.90. The van der Waals surface area contributed by atoms with Crippen molar-refractivity contribution in [3.63, 3.8) is 0 Å². The van der Waals surface area contributed by atoms with Crippen LogP contribution in [0.25, 0.3) is 0 Å². The second-order valence-corrected chi connectivity index (χ2v) is 4.11. The van der Waals surface area contributed by atoms with Gasteiger partial charge < -0.3 is 9.47 Å². The van der Waals surface area contributed by atoms with Crippen LogP contribution in [0.3, 0.4) is 0 Å². The van der Waals surface area contributed by atoms with Crippen molar-refractivity contribution in [2.24, 2.45) is 0 Å². The van der Waals surface area contributed by atoms with Gasteiger partial charge in [-0.05, 0) is 15.9 Å². The third-order valence-corrected chi connectivity index (χ3v) is 2.50. The second kappa shape index (κ2) is 6.41. The minimum Gasteiger partial charge on any atom is -0.479 e. The van der Waals surface area contributed by atoms with Gasteiger partial charge in [-0.1, -0.05) is 0 Å². The maximum absolute atomic E-state index is 13.2. The Bertz CT molecular complexity index is 480. The number of methoxy groups -OCH3 is 1. The highest BCUT2D eigenvalue weighted by Gasteiger charge is 2.19. The molecule has 0 unspecified atom stereocenters. The first-order chi connectivity index (χ1) is 8.45. The molecule has 0 radical (unpaired) electrons. The molecular formula is C10H9BrFNO5. The van der Waals surface area contributed by atoms with Crippen molar-refractivity contribution in [1.29, 1.82) is 0 Å². The Morgan fingerprint density at radius 2 is 2.17 bits per heavy atom. The molecule has 0 saturated heterocycles. The molecular weight excluding hydrogens is 313 g/mol. The van der Waals surface area contributed by atoms with Gasteiger partial charge in [0.1, 0.15) is 19.0 Å². The Morgan fingerprint density at radius 3 is 2.72 bits per heavy atom. The molecule has 0 aliphatic carbocycles. The van der Waals surface area contributed by atoms with Gasteiger partial charge in [-0.2, -0.15) is 0 Å². The van der Waals surface area contributed by atoms with Crippen LogP contribution in [0.2, 0.25) is 0 Å². The molecule has 0 amide bonds. The monoisotopic (exact) mass is 321 g/mol. The number of benzene rings is 1. The average Bonchev–Trinajstić information content (AvgIpc) is 2.30. The minimum atomic E-state index is -0.722. The number of rotatable bonds is 6. The first-order valence-electron chi connectivity index (χ1n) is 4.72. The number of halogens is 2. The van der Waals surface area contributed by atoms with E-state index in [2.05, 4.69) is 20.7 Å². The molecule has 8 heteroatoms. The Labute approximate surface area is 110 Å². The summed E-state index contributed by atoms with van der Waals surface area (Å²) in [5, 5.41) is 10.7. The molecule has 0 N–H and O–H groups in total. The average molecular weight is 322 g/mol. The maximum Gasteiger partial charge on any atom is 0.312 e. The minimum absolute atomic E-state index is 0.0511. The van der Waals surface area contributed by atoms with E-state index in [4.69, 9.17) is 4.74 Å². The van der Waals surface area contributed by atoms with Crippen LogP contribution in [0.4, 0.5) is 10.1 Å². The number of hydrogen-bond acceptors (Lipinski definition) is 5. The van der Waals surface area contributed by atoms with Crippen LogP contribution in [0.1, 0.15) is 0 Å². The molecule has 0 aliphatic heterocycles. The molecule has 0 fully saturated rings. The van der Waals surface area contributed by atoms with Gasteiger partial charge in [0.25, 0.3) is 0 Å². The topological polar surface area (TPSA) is 78.7 Å². The summed E-state index contributed by atoms with van der Waals surface area (Å²) in [7, 11) is 1.33. The quantitative estimate of drug-likeness (QED) is 0.592. The summed E-state index contributed by atoms with van der Waals surface area (Å²) in [6, 6.07) is 1.83. The summed E-state index contributed by atoms with van der Waals surface area (Å²) < 4.78 is 22.7. The highest BCUT2D eigenvalue weighted by molar-refractivity contribution is 9.10. The summed E-state index contributed by atoms with van der Waals surface area (Å²) in [5.74, 6) is -1.42. The van der Waals surface area contributed by atoms with Crippen molar-refractivity contribution in [2.75, 3.05) is 20.3 Å². The zero-order chi connectivity index (χ0) is 13.7. The van der Waals surface area contributed by atoms with E-state index in [1.165, 1.54) is 7.11 Å². The highest BCUT2D eigenvalue weighted by Crippen LogP contribution is 2.32. The van der Waals surface area contributed by atoms with Gasteiger partial charge in [-0.15, -0.1) is 0 Å². The van der Waals surface area contributed by atoms with E-state index in [0.29, 0.717) is 0 Å². The lowest BCUT2D eigenvalue weighted by atomic mass is 10.3. The summed E-state index contributed by atoms with van der Waals surface area (Å²) in [6.45, 7) is -0.595. The summed E-state index contributed by atoms with van der Waals surface area (Å²) in [4.78, 5) is 21.1. The standard InChI is InChI=1S/C10H9BrFNO5/c1-17-4-6(14)5-18-10-3-8(12)7(11)2-9(10)13(15)16/h2-3H,4-5H2,1H3. The normalized spacial score (nSPS) is 10.2. The smallest absolute Gasteiger partial charge is 0.312 e. The number of nitrogens with zero attached hydrogens (tertiary/aromatic N) is 1. The molecule has 6 nitrogen and oxygen atoms in total. The van der Waals surface area contributed by atoms with Gasteiger partial charge in [0.2, 0.25) is 5.75 Å². The van der Waals surface area contributed by atoms with Crippen LogP contribution in [0, 0.1) is 15.9 Å². The summed E-state index contributed by atoms with van der Waals surface area (Å²) >= 11 is 2.83. The molecule has 98 valence electrons. The number of carbonyl (C=O) groups excluding carboxylic acids is 1. The number of Topliss-reactive ketones (excluding diaryl/α,β-unsaturated/α-hetero) is 1. The van der Waals surface area contributed by atoms with E-state index < -0.39 is 28.8 Å². The van der Waals surface area contributed by atoms with Crippen molar-refractivity contribution in [3.8, 4) is 5.75 Å². The second-order valence-electron chi connectivity index (χ2n) is 3.25. The number of ether oxygens (including phenoxy) is 2. The molecule has 1 aromatic carbocycles. The predicted molar refractivity (Wildman–Crippen MR) is 63.1 cm³/mol. The van der Waals surface area contributed by atoms with E-state index in [0.717, 1.165) is 12.1 Å². The molecule has 0 spiro atoms. The van der Waals surface area contributed by atoms with E-state index in [1.54, 1.807) is 0 Å². The van der Waals surface area contributed by atoms with Crippen molar-refractivity contribution in [3.05, 3.63) is 32.5 Å². The molecule has 1 rings (SSSR count). The largest absolute Gasteiger partial charge is 0.479 e. The van der Waals surface area contributed by atoms with Crippen LogP contribution in [0.5, 0.6) is 5.75 Å². The molecule has 0 aromatic heterocycles. The first-order valence-corrected chi connectivity index (χ1v) is 5.52. The van der Waals surface area contributed by atoms with Gasteiger partial charge in [-0.3, -0.25) is 14.9 Å². The van der Waals surface area contributed by atoms with Gasteiger partial charge in [0.05, 0.1) is 9.40 Å². The number of carbonyl (C=O) groups is 1. The third-order valence-electron chi connectivity index (χ3n) is 1.89. The summed E-state index contributed by atoms with van der Waals surface area (Å²) in [5.41, 5.74) is -0.423. The third kappa shape index (κ3) is 3.74. The Morgan fingerprint density at radius 1 is 1.50 bits per heavy atom. The Hall–Kier alpha value is -1.54. The fourth-order valence-corrected chi connectivity index (χ4v) is 1.47. The Kier molecular flexibility index (Phi) is 5.17. The number of ketones is 1. The van der Waals surface area contributed by atoms with Crippen molar-refractivity contribution in [2.45, 2.75) is 0 Å². The fourth-order valence-electron chi connectivity index (χ4n) is 1.14. The van der Waals surface area contributed by atoms with Crippen LogP contribution in [0.15, 0.2) is 16.6 Å². The molecule has 0 aliphatic rings. The molecule has 0 saturated carbocycles. The van der Waals surface area contributed by atoms with Gasteiger partial charge in [-0.25, -0.2) is 4.39 Å². The van der Waals surface area contributed by atoms with Crippen LogP contribution < -0.4 is 4.74 Å². The van der Waals surface area contributed by atoms with Crippen LogP contribution >= 0.6 is 15.9 Å². The van der Waals surface area contributed by atoms with E-state index in [9.17, 15) is 19.3 Å². The lowest BCUT2D eigenvalue weighted by Gasteiger charge is -2.06. The van der Waals surface area contributed by atoms with Crippen molar-refractivity contribution in [1.82, 2.24) is 0 Å². The van der Waals surface area contributed by atoms with E-state index >= 15 is 0 Å². The number of nitro groups is 1. The summed E-state index contributed by atoms with van der Waals surface area (Å²) in [6.07, 6.45) is 0. The molecule has 0 heterocycles. The SMILES string of the molecule is COCC(=O)COc1cc(F)c(Br)cc1[N+](=O)[O-]. The highest BCUT2D eigenvalue weighted by atomic mass is 79.9. The number of nitro benzene ring substituents is 1. The molecule has 1 aromatic rings. The van der Waals surface area contributed by atoms with Crippen molar-refractivity contribution >= 4 is 27.4 Å². The van der Waals surface area contributed by atoms with E-state index in [-0.39, 0.29) is 16.8 Å². The lowest BCUT2D eigenvalue weighted by molar-refractivity contribution is -0.385. The first kappa shape index (κ1) is 14.5. The zero-order valence-electron chi connectivity index (χ0n) is 9.31. The molecule has 18 heavy (non-hydrogen) atoms. The van der Waals surface area contributed by atoms with Crippen molar-refractivity contribution < 1.29 is 23.6 Å². The van der Waals surface area contributed by atoms with Crippen LogP contribution in [-0.2, 0) is 9.53 Å². The lowest BCUT2D eigenvalue weighted by Crippen LogP contribution is -2.16. The van der Waals surface area contributed by atoms with Gasteiger partial charge >= 0.3 is 5.69 Å². The maximum atomic E-state index is 13.2. The molecule has 0 bridgehead atoms. The van der Waals surface area contributed by atoms with Gasteiger partial charge in [0, 0.05) is 19.2 Å². The van der Waals surface area contributed by atoms with E-state index in [1.807, 2.05) is 0 Å². The van der Waals surface area contributed by atoms with Gasteiger partial charge in [0.15, 0.2) is 5.78 Å². The number of hydrogen-bond donors (Lipinski definition) is 0. The molecule has 0 atom stereocenters. The fraction of sp³-hybridized carbons (Fsp3) is 0.300.